The molecule has 0 aliphatic heterocycles. The molecule has 0 saturated heterocycles. The number of hydrazine groups is 1. The summed E-state index contributed by atoms with van der Waals surface area (Å²) in [5.41, 5.74) is 2.55. The molecule has 0 heterocycles. The van der Waals surface area contributed by atoms with E-state index in [1.54, 1.807) is 0 Å². The fraction of sp³-hybridized carbons (Fsp3) is 0.714. The van der Waals surface area contributed by atoms with Crippen LogP contribution >= 0.6 is 0 Å². The number of nitrogens with two attached hydrogens (primary N) is 1. The molecule has 1 atom stereocenters. The lowest BCUT2D eigenvalue weighted by atomic mass is 10.1. The Kier molecular flexibility index (Phi) is 4.12. The number of rotatable bonds is 3. The summed E-state index contributed by atoms with van der Waals surface area (Å²) in [5.74, 6) is 8.29. The van der Waals surface area contributed by atoms with Gasteiger partial charge in [-0.05, 0) is 12.3 Å². The van der Waals surface area contributed by atoms with Crippen molar-refractivity contribution in [1.82, 2.24) is 5.43 Å². The van der Waals surface area contributed by atoms with Gasteiger partial charge in [0, 0.05) is 0 Å². The average Bonchev–Trinajstić information content (AvgIpc) is 1.82. The molecule has 52 valence electrons. The van der Waals surface area contributed by atoms with Crippen molar-refractivity contribution in [1.29, 1.82) is 0 Å². The summed E-state index contributed by atoms with van der Waals surface area (Å²) < 4.78 is 0. The predicted octanol–water partition coefficient (Wildman–Crippen LogP) is 0.498. The van der Waals surface area contributed by atoms with E-state index in [9.17, 15) is 0 Å². The zero-order valence-electron chi connectivity index (χ0n) is 6.02. The molecule has 0 fully saturated rings. The second-order valence-electron chi connectivity index (χ2n) is 2.52. The number of terminal acetylenes is 1. The van der Waals surface area contributed by atoms with Crippen LogP contribution < -0.4 is 11.3 Å². The van der Waals surface area contributed by atoms with E-state index in [4.69, 9.17) is 12.3 Å². The topological polar surface area (TPSA) is 38.0 Å². The Morgan fingerprint density at radius 1 is 1.67 bits per heavy atom. The van der Waals surface area contributed by atoms with E-state index in [0.29, 0.717) is 5.92 Å². The Bertz CT molecular complexity index is 102. The molecule has 0 bridgehead atoms. The first-order chi connectivity index (χ1) is 4.20. The van der Waals surface area contributed by atoms with Crippen LogP contribution in [0.2, 0.25) is 0 Å². The fourth-order valence-electron chi connectivity index (χ4n) is 0.656. The van der Waals surface area contributed by atoms with Crippen LogP contribution in [0.5, 0.6) is 0 Å². The van der Waals surface area contributed by atoms with Gasteiger partial charge in [-0.1, -0.05) is 19.8 Å². The van der Waals surface area contributed by atoms with Gasteiger partial charge in [-0.3, -0.25) is 5.84 Å². The first-order valence-electron chi connectivity index (χ1n) is 3.13. The predicted molar refractivity (Wildman–Crippen MR) is 39.4 cm³/mol. The van der Waals surface area contributed by atoms with Crippen molar-refractivity contribution < 1.29 is 0 Å². The minimum atomic E-state index is 0.0324. The summed E-state index contributed by atoms with van der Waals surface area (Å²) in [4.78, 5) is 0. The van der Waals surface area contributed by atoms with Crippen LogP contribution in [-0.4, -0.2) is 6.04 Å². The second kappa shape index (κ2) is 4.37. The monoisotopic (exact) mass is 126 g/mol. The highest BCUT2D eigenvalue weighted by molar-refractivity contribution is 4.97. The van der Waals surface area contributed by atoms with E-state index in [0.717, 1.165) is 6.42 Å². The molecule has 0 aliphatic rings. The number of hydrogen-bond donors (Lipinski definition) is 2. The van der Waals surface area contributed by atoms with E-state index in [1.807, 2.05) is 0 Å². The maximum absolute atomic E-state index is 5.14. The van der Waals surface area contributed by atoms with Crippen molar-refractivity contribution in [3.8, 4) is 12.3 Å². The summed E-state index contributed by atoms with van der Waals surface area (Å²) in [7, 11) is 0. The van der Waals surface area contributed by atoms with Crippen molar-refractivity contribution >= 4 is 0 Å². The summed E-state index contributed by atoms with van der Waals surface area (Å²) >= 11 is 0. The Balaban J connectivity index is 3.47. The van der Waals surface area contributed by atoms with Crippen molar-refractivity contribution in [2.75, 3.05) is 0 Å². The molecule has 0 aliphatic carbocycles. The molecule has 0 radical (unpaired) electrons. The van der Waals surface area contributed by atoms with E-state index in [2.05, 4.69) is 25.2 Å². The molecular weight excluding hydrogens is 112 g/mol. The van der Waals surface area contributed by atoms with Crippen LogP contribution in [0, 0.1) is 18.3 Å². The van der Waals surface area contributed by atoms with E-state index < -0.39 is 0 Å². The zero-order valence-corrected chi connectivity index (χ0v) is 6.02. The third-order valence-corrected chi connectivity index (χ3v) is 1.11. The van der Waals surface area contributed by atoms with Crippen LogP contribution in [0.3, 0.4) is 0 Å². The average molecular weight is 126 g/mol. The highest BCUT2D eigenvalue weighted by Crippen LogP contribution is 2.01. The largest absolute Gasteiger partial charge is 0.270 e. The van der Waals surface area contributed by atoms with Crippen LogP contribution in [0.25, 0.3) is 0 Å². The normalized spacial score (nSPS) is 13.2. The molecule has 0 aromatic carbocycles. The lowest BCUT2D eigenvalue weighted by molar-refractivity contribution is 0.492. The minimum Gasteiger partial charge on any atom is -0.270 e. The van der Waals surface area contributed by atoms with Gasteiger partial charge in [-0.25, -0.2) is 5.43 Å². The highest BCUT2D eigenvalue weighted by atomic mass is 15.2. The van der Waals surface area contributed by atoms with E-state index >= 15 is 0 Å². The van der Waals surface area contributed by atoms with Gasteiger partial charge < -0.3 is 0 Å². The Morgan fingerprint density at radius 2 is 2.22 bits per heavy atom. The zero-order chi connectivity index (χ0) is 7.28. The van der Waals surface area contributed by atoms with Crippen molar-refractivity contribution in [3.63, 3.8) is 0 Å². The van der Waals surface area contributed by atoms with Crippen molar-refractivity contribution in [2.45, 2.75) is 26.3 Å². The number of hydrogen-bond acceptors (Lipinski definition) is 2. The van der Waals surface area contributed by atoms with E-state index in [-0.39, 0.29) is 6.04 Å². The van der Waals surface area contributed by atoms with Gasteiger partial charge in [0.2, 0.25) is 0 Å². The van der Waals surface area contributed by atoms with Crippen LogP contribution in [0.1, 0.15) is 20.3 Å². The maximum Gasteiger partial charge on any atom is 0.0817 e. The van der Waals surface area contributed by atoms with Gasteiger partial charge in [0.1, 0.15) is 0 Å². The van der Waals surface area contributed by atoms with Crippen LogP contribution in [0.4, 0.5) is 0 Å². The lowest BCUT2D eigenvalue weighted by Crippen LogP contribution is -2.34. The smallest absolute Gasteiger partial charge is 0.0817 e. The molecule has 0 amide bonds. The standard InChI is InChI=1S/C7H14N2/c1-4-7(9-8)5-6(2)3/h1,6-7,9H,5,8H2,2-3H3. The van der Waals surface area contributed by atoms with Crippen LogP contribution in [-0.2, 0) is 0 Å². The van der Waals surface area contributed by atoms with E-state index in [1.165, 1.54) is 0 Å². The van der Waals surface area contributed by atoms with Gasteiger partial charge in [-0.2, -0.15) is 0 Å². The molecule has 3 N–H and O–H groups in total. The molecule has 0 rings (SSSR count). The summed E-state index contributed by atoms with van der Waals surface area (Å²) in [6, 6.07) is 0.0324. The molecular formula is C7H14N2. The van der Waals surface area contributed by atoms with Crippen molar-refractivity contribution in [2.24, 2.45) is 11.8 Å². The third kappa shape index (κ3) is 4.01. The second-order valence-corrected chi connectivity index (χ2v) is 2.52. The first kappa shape index (κ1) is 8.48. The SMILES string of the molecule is C#CC(CC(C)C)NN. The fourth-order valence-corrected chi connectivity index (χ4v) is 0.656. The van der Waals surface area contributed by atoms with Crippen LogP contribution in [0.15, 0.2) is 0 Å². The summed E-state index contributed by atoms with van der Waals surface area (Å²) in [5, 5.41) is 0. The molecule has 2 heteroatoms. The maximum atomic E-state index is 5.14. The van der Waals surface area contributed by atoms with Gasteiger partial charge in [0.15, 0.2) is 0 Å². The molecule has 9 heavy (non-hydrogen) atoms. The molecule has 2 nitrogen and oxygen atoms in total. The minimum absolute atomic E-state index is 0.0324. The Morgan fingerprint density at radius 3 is 2.33 bits per heavy atom. The van der Waals surface area contributed by atoms with Gasteiger partial charge in [0.05, 0.1) is 6.04 Å². The number of nitrogens with one attached hydrogen (secondary N) is 1. The Labute approximate surface area is 56.8 Å². The van der Waals surface area contributed by atoms with Gasteiger partial charge in [-0.15, -0.1) is 6.42 Å². The molecule has 0 saturated carbocycles. The lowest BCUT2D eigenvalue weighted by Gasteiger charge is -2.10. The van der Waals surface area contributed by atoms with Crippen molar-refractivity contribution in [3.05, 3.63) is 0 Å². The third-order valence-electron chi connectivity index (χ3n) is 1.11. The molecule has 0 aromatic rings. The first-order valence-corrected chi connectivity index (χ1v) is 3.13. The summed E-state index contributed by atoms with van der Waals surface area (Å²) in [6.45, 7) is 4.23. The van der Waals surface area contributed by atoms with Gasteiger partial charge >= 0.3 is 0 Å². The quantitative estimate of drug-likeness (QED) is 0.328. The summed E-state index contributed by atoms with van der Waals surface area (Å²) in [6.07, 6.45) is 6.08. The van der Waals surface area contributed by atoms with Gasteiger partial charge in [0.25, 0.3) is 0 Å². The molecule has 0 aromatic heterocycles. The molecule has 1 unspecified atom stereocenters. The highest BCUT2D eigenvalue weighted by Gasteiger charge is 2.02. The Hall–Kier alpha value is -0.520. The molecule has 0 spiro atoms.